The van der Waals surface area contributed by atoms with Gasteiger partial charge in [-0.1, -0.05) is 66.7 Å². The van der Waals surface area contributed by atoms with E-state index < -0.39 is 0 Å². The molecular weight excluding hydrogens is 428 g/mol. The second-order valence-electron chi connectivity index (χ2n) is 8.65. The van der Waals surface area contributed by atoms with Crippen molar-refractivity contribution in [2.24, 2.45) is 0 Å². The van der Waals surface area contributed by atoms with Crippen LogP contribution in [-0.2, 0) is 6.54 Å². The van der Waals surface area contributed by atoms with E-state index in [1.807, 2.05) is 6.07 Å². The summed E-state index contributed by atoms with van der Waals surface area (Å²) in [4.78, 5) is 16.1. The maximum absolute atomic E-state index is 11.6. The number of nitro benzene ring substituents is 1. The molecule has 0 saturated carbocycles. The average molecular weight is 461 g/mol. The lowest BCUT2D eigenvalue weighted by Crippen LogP contribution is -2.47. The number of nitrogens with zero attached hydrogens (tertiary/aromatic N) is 3. The molecule has 0 amide bonds. The predicted octanol–water partition coefficient (Wildman–Crippen LogP) is 4.30. The van der Waals surface area contributed by atoms with E-state index >= 15 is 0 Å². The van der Waals surface area contributed by atoms with Crippen LogP contribution in [0.3, 0.4) is 0 Å². The van der Waals surface area contributed by atoms with E-state index in [0.29, 0.717) is 25.2 Å². The molecule has 7 nitrogen and oxygen atoms in total. The summed E-state index contributed by atoms with van der Waals surface area (Å²) in [5, 5.41) is 23.6. The molecule has 178 valence electrons. The van der Waals surface area contributed by atoms with Crippen molar-refractivity contribution >= 4 is 11.4 Å². The van der Waals surface area contributed by atoms with Gasteiger partial charge in [0.25, 0.3) is 5.69 Å². The summed E-state index contributed by atoms with van der Waals surface area (Å²) in [7, 11) is 0. The second kappa shape index (κ2) is 11.7. The van der Waals surface area contributed by atoms with E-state index in [2.05, 4.69) is 75.8 Å². The number of anilines is 1. The number of nitrogens with one attached hydrogen (secondary N) is 1. The first-order valence-electron chi connectivity index (χ1n) is 11.8. The van der Waals surface area contributed by atoms with Crippen LogP contribution in [0.2, 0.25) is 0 Å². The zero-order chi connectivity index (χ0) is 23.8. The maximum atomic E-state index is 11.6. The Bertz CT molecular complexity index is 1010. The Hall–Kier alpha value is -3.26. The minimum atomic E-state index is -0.340. The molecule has 2 N–H and O–H groups in total. The number of hydrogen-bond donors (Lipinski definition) is 2. The predicted molar refractivity (Wildman–Crippen MR) is 135 cm³/mol. The van der Waals surface area contributed by atoms with Crippen molar-refractivity contribution in [2.45, 2.75) is 19.0 Å². The van der Waals surface area contributed by atoms with E-state index in [1.165, 1.54) is 11.1 Å². The monoisotopic (exact) mass is 460 g/mol. The zero-order valence-electron chi connectivity index (χ0n) is 19.3. The molecule has 0 unspecified atom stereocenters. The third-order valence-corrected chi connectivity index (χ3v) is 6.32. The molecule has 0 spiro atoms. The SMILES string of the molecule is O=[N+]([O-])c1cc(CN2CCN(C(c3ccccc3)c3ccccc3)CC2)ccc1NCCCO. The highest BCUT2D eigenvalue weighted by atomic mass is 16.6. The Kier molecular flexibility index (Phi) is 8.25. The van der Waals surface area contributed by atoms with Gasteiger partial charge in [0.2, 0.25) is 0 Å². The van der Waals surface area contributed by atoms with Gasteiger partial charge in [0.05, 0.1) is 11.0 Å². The molecule has 1 aliphatic rings. The number of nitro groups is 1. The van der Waals surface area contributed by atoms with Crippen molar-refractivity contribution in [2.75, 3.05) is 44.6 Å². The molecule has 1 aliphatic heterocycles. The van der Waals surface area contributed by atoms with Crippen molar-refractivity contribution < 1.29 is 10.0 Å². The van der Waals surface area contributed by atoms with Gasteiger partial charge in [-0.05, 0) is 29.2 Å². The third-order valence-electron chi connectivity index (χ3n) is 6.32. The molecule has 34 heavy (non-hydrogen) atoms. The van der Waals surface area contributed by atoms with Gasteiger partial charge >= 0.3 is 0 Å². The Labute approximate surface area is 200 Å². The minimum Gasteiger partial charge on any atom is -0.396 e. The lowest BCUT2D eigenvalue weighted by atomic mass is 9.96. The summed E-state index contributed by atoms with van der Waals surface area (Å²) in [6, 6.07) is 26.9. The highest BCUT2D eigenvalue weighted by Crippen LogP contribution is 2.30. The topological polar surface area (TPSA) is 81.9 Å². The summed E-state index contributed by atoms with van der Waals surface area (Å²) >= 11 is 0. The van der Waals surface area contributed by atoms with Gasteiger partial charge < -0.3 is 10.4 Å². The summed E-state index contributed by atoms with van der Waals surface area (Å²) in [6.45, 7) is 4.91. The van der Waals surface area contributed by atoms with Crippen LogP contribution in [0, 0.1) is 10.1 Å². The summed E-state index contributed by atoms with van der Waals surface area (Å²) < 4.78 is 0. The number of piperazine rings is 1. The molecule has 1 saturated heterocycles. The van der Waals surface area contributed by atoms with Crippen LogP contribution in [0.4, 0.5) is 11.4 Å². The van der Waals surface area contributed by atoms with E-state index in [0.717, 1.165) is 31.7 Å². The van der Waals surface area contributed by atoms with Crippen molar-refractivity contribution in [1.29, 1.82) is 0 Å². The van der Waals surface area contributed by atoms with Crippen molar-refractivity contribution in [3.05, 3.63) is 106 Å². The maximum Gasteiger partial charge on any atom is 0.292 e. The van der Waals surface area contributed by atoms with Crippen LogP contribution in [0.15, 0.2) is 78.9 Å². The smallest absolute Gasteiger partial charge is 0.292 e. The normalized spacial score (nSPS) is 14.9. The van der Waals surface area contributed by atoms with E-state index in [4.69, 9.17) is 5.11 Å². The number of aliphatic hydroxyl groups excluding tert-OH is 1. The van der Waals surface area contributed by atoms with Crippen molar-refractivity contribution in [3.63, 3.8) is 0 Å². The molecule has 3 aromatic rings. The van der Waals surface area contributed by atoms with Gasteiger partial charge in [0, 0.05) is 51.9 Å². The van der Waals surface area contributed by atoms with E-state index in [-0.39, 0.29) is 23.3 Å². The van der Waals surface area contributed by atoms with Gasteiger partial charge in [-0.15, -0.1) is 0 Å². The summed E-state index contributed by atoms with van der Waals surface area (Å²) in [5.74, 6) is 0. The summed E-state index contributed by atoms with van der Waals surface area (Å²) in [5.41, 5.74) is 4.11. The van der Waals surface area contributed by atoms with Gasteiger partial charge in [-0.25, -0.2) is 0 Å². The number of benzene rings is 3. The van der Waals surface area contributed by atoms with Crippen molar-refractivity contribution in [3.8, 4) is 0 Å². The van der Waals surface area contributed by atoms with Crippen LogP contribution < -0.4 is 5.32 Å². The molecule has 0 aliphatic carbocycles. The van der Waals surface area contributed by atoms with Gasteiger partial charge in [0.1, 0.15) is 5.69 Å². The number of aliphatic hydroxyl groups is 1. The molecule has 7 heteroatoms. The molecule has 3 aromatic carbocycles. The molecule has 0 atom stereocenters. The summed E-state index contributed by atoms with van der Waals surface area (Å²) in [6.07, 6.45) is 0.552. The second-order valence-corrected chi connectivity index (χ2v) is 8.65. The van der Waals surface area contributed by atoms with Crippen molar-refractivity contribution in [1.82, 2.24) is 9.80 Å². The Morgan fingerprint density at radius 2 is 1.53 bits per heavy atom. The first-order valence-corrected chi connectivity index (χ1v) is 11.8. The van der Waals surface area contributed by atoms with Crippen LogP contribution >= 0.6 is 0 Å². The van der Waals surface area contributed by atoms with Crippen LogP contribution in [0.1, 0.15) is 29.2 Å². The van der Waals surface area contributed by atoms with E-state index in [9.17, 15) is 10.1 Å². The molecule has 0 radical (unpaired) electrons. The molecule has 1 fully saturated rings. The fraction of sp³-hybridized carbons (Fsp3) is 0.333. The lowest BCUT2D eigenvalue weighted by Gasteiger charge is -2.39. The number of hydrogen-bond acceptors (Lipinski definition) is 6. The lowest BCUT2D eigenvalue weighted by molar-refractivity contribution is -0.384. The highest BCUT2D eigenvalue weighted by molar-refractivity contribution is 5.62. The van der Waals surface area contributed by atoms with Crippen LogP contribution in [0.5, 0.6) is 0 Å². The molecule has 0 aromatic heterocycles. The van der Waals surface area contributed by atoms with Gasteiger partial charge in [-0.2, -0.15) is 0 Å². The first-order chi connectivity index (χ1) is 16.7. The fourth-order valence-corrected chi connectivity index (χ4v) is 4.60. The first kappa shape index (κ1) is 23.9. The average Bonchev–Trinajstić information content (AvgIpc) is 2.87. The number of rotatable bonds is 10. The largest absolute Gasteiger partial charge is 0.396 e. The quantitative estimate of drug-likeness (QED) is 0.267. The molecule has 4 rings (SSSR count). The standard InChI is InChI=1S/C27H32N4O3/c32-19-7-14-28-25-13-12-22(20-26(25)31(33)34)21-29-15-17-30(18-16-29)27(23-8-3-1-4-9-23)24-10-5-2-6-11-24/h1-6,8-13,20,27-28,32H,7,14-19,21H2. The Balaban J connectivity index is 1.42. The Morgan fingerprint density at radius 3 is 2.09 bits per heavy atom. The van der Waals surface area contributed by atoms with Crippen LogP contribution in [0.25, 0.3) is 0 Å². The fourth-order valence-electron chi connectivity index (χ4n) is 4.60. The van der Waals surface area contributed by atoms with Crippen LogP contribution in [-0.4, -0.2) is 59.2 Å². The van der Waals surface area contributed by atoms with Gasteiger partial charge in [0.15, 0.2) is 0 Å². The highest BCUT2D eigenvalue weighted by Gasteiger charge is 2.26. The molecule has 0 bridgehead atoms. The van der Waals surface area contributed by atoms with E-state index in [1.54, 1.807) is 12.1 Å². The molecule has 1 heterocycles. The zero-order valence-corrected chi connectivity index (χ0v) is 19.3. The Morgan fingerprint density at radius 1 is 0.912 bits per heavy atom. The van der Waals surface area contributed by atoms with Gasteiger partial charge in [-0.3, -0.25) is 19.9 Å². The minimum absolute atomic E-state index is 0.0558. The third kappa shape index (κ3) is 5.99. The molecular formula is C27H32N4O3.